The number of nitrogens with two attached hydrogens (primary N) is 1. The lowest BCUT2D eigenvalue weighted by Crippen LogP contribution is -2.48. The second kappa shape index (κ2) is 8.30. The van der Waals surface area contributed by atoms with E-state index in [1.807, 2.05) is 25.7 Å². The van der Waals surface area contributed by atoms with Crippen molar-refractivity contribution in [3.05, 3.63) is 29.3 Å². The number of carbonyl (C=O) groups excluding carboxylic acids is 2. The Morgan fingerprint density at radius 2 is 1.88 bits per heavy atom. The fraction of sp³-hybridized carbons (Fsp3) is 0.609. The molecule has 1 atom stereocenters. The van der Waals surface area contributed by atoms with Crippen LogP contribution in [0.15, 0.2) is 18.2 Å². The Balaban J connectivity index is 1.85. The van der Waals surface area contributed by atoms with Gasteiger partial charge in [0.2, 0.25) is 11.8 Å². The molecule has 1 unspecified atom stereocenters. The third kappa shape index (κ3) is 4.41. The van der Waals surface area contributed by atoms with E-state index in [4.69, 9.17) is 11.0 Å². The molecular weight excluding hydrogens is 421 g/mol. The van der Waals surface area contributed by atoms with Crippen LogP contribution in [0.1, 0.15) is 57.6 Å². The van der Waals surface area contributed by atoms with E-state index in [1.54, 1.807) is 11.0 Å². The summed E-state index contributed by atoms with van der Waals surface area (Å²) in [6.07, 6.45) is -2.21. The van der Waals surface area contributed by atoms with Crippen molar-refractivity contribution in [3.63, 3.8) is 0 Å². The number of likely N-dealkylation sites (tertiary alicyclic amines) is 1. The molecular formula is C23H29F3N4O2. The van der Waals surface area contributed by atoms with Gasteiger partial charge in [0.1, 0.15) is 6.04 Å². The zero-order chi connectivity index (χ0) is 23.9. The van der Waals surface area contributed by atoms with E-state index in [9.17, 15) is 22.8 Å². The average molecular weight is 451 g/mol. The third-order valence-corrected chi connectivity index (χ3v) is 7.17. The fourth-order valence-electron chi connectivity index (χ4n) is 4.75. The molecule has 0 aliphatic carbocycles. The number of rotatable bonds is 4. The highest BCUT2D eigenvalue weighted by atomic mass is 19.4. The highest BCUT2D eigenvalue weighted by Gasteiger charge is 2.49. The quantitative estimate of drug-likeness (QED) is 0.758. The van der Waals surface area contributed by atoms with Crippen LogP contribution in [0.2, 0.25) is 0 Å². The molecule has 32 heavy (non-hydrogen) atoms. The highest BCUT2D eigenvalue weighted by Crippen LogP contribution is 2.46. The maximum atomic E-state index is 13.5. The molecule has 1 aromatic rings. The SMILES string of the molecule is CCC(C)(C)C(=O)N1CCC2(CC1)CC(C(N)=O)N(c1ccc(C#N)c(C(F)(F)F)c1)C2. The molecule has 0 bridgehead atoms. The standard InChI is InChI=1S/C23H29F3N4O2/c1-4-21(2,3)20(32)29-9-7-22(8-10-29)12-18(19(28)31)30(14-22)16-6-5-15(13-27)17(11-16)23(24,25)26/h5-6,11,18H,4,7-10,12,14H2,1-3H3,(H2,28,31). The number of nitrogens with zero attached hydrogens (tertiary/aromatic N) is 3. The number of anilines is 1. The van der Waals surface area contributed by atoms with Crippen molar-refractivity contribution in [1.29, 1.82) is 5.26 Å². The Labute approximate surface area is 186 Å². The molecule has 0 saturated carbocycles. The van der Waals surface area contributed by atoms with Crippen molar-refractivity contribution in [2.75, 3.05) is 24.5 Å². The minimum absolute atomic E-state index is 0.0954. The van der Waals surface area contributed by atoms with Gasteiger partial charge in [-0.3, -0.25) is 9.59 Å². The summed E-state index contributed by atoms with van der Waals surface area (Å²) in [5.41, 5.74) is 3.61. The number of hydrogen-bond acceptors (Lipinski definition) is 4. The van der Waals surface area contributed by atoms with Gasteiger partial charge in [-0.05, 0) is 49.3 Å². The molecule has 3 rings (SSSR count). The van der Waals surface area contributed by atoms with Crippen LogP contribution >= 0.6 is 0 Å². The number of hydrogen-bond donors (Lipinski definition) is 1. The molecule has 2 amide bonds. The first kappa shape index (κ1) is 23.9. The topological polar surface area (TPSA) is 90.4 Å². The Morgan fingerprint density at radius 3 is 2.38 bits per heavy atom. The predicted molar refractivity (Wildman–Crippen MR) is 113 cm³/mol. The first-order chi connectivity index (χ1) is 14.8. The summed E-state index contributed by atoms with van der Waals surface area (Å²) < 4.78 is 40.4. The van der Waals surface area contributed by atoms with Gasteiger partial charge < -0.3 is 15.5 Å². The van der Waals surface area contributed by atoms with Gasteiger partial charge in [0.15, 0.2) is 0 Å². The molecule has 2 aliphatic heterocycles. The Hall–Kier alpha value is -2.76. The Kier molecular flexibility index (Phi) is 6.20. The summed E-state index contributed by atoms with van der Waals surface area (Å²) in [4.78, 5) is 28.5. The monoisotopic (exact) mass is 450 g/mol. The van der Waals surface area contributed by atoms with Gasteiger partial charge in [-0.2, -0.15) is 18.4 Å². The van der Waals surface area contributed by atoms with E-state index in [0.717, 1.165) is 18.6 Å². The van der Waals surface area contributed by atoms with Gasteiger partial charge in [0, 0.05) is 30.7 Å². The largest absolute Gasteiger partial charge is 0.417 e. The summed E-state index contributed by atoms with van der Waals surface area (Å²) >= 11 is 0. The zero-order valence-corrected chi connectivity index (χ0v) is 18.6. The Bertz CT molecular complexity index is 944. The van der Waals surface area contributed by atoms with E-state index < -0.39 is 34.7 Å². The second-order valence-corrected chi connectivity index (χ2v) is 9.62. The van der Waals surface area contributed by atoms with Crippen LogP contribution in [0.25, 0.3) is 0 Å². The summed E-state index contributed by atoms with van der Waals surface area (Å²) in [5, 5.41) is 9.05. The van der Waals surface area contributed by atoms with Crippen LogP contribution < -0.4 is 10.6 Å². The number of benzene rings is 1. The summed E-state index contributed by atoms with van der Waals surface area (Å²) in [6.45, 7) is 7.28. The van der Waals surface area contributed by atoms with Crippen LogP contribution in [-0.2, 0) is 15.8 Å². The van der Waals surface area contributed by atoms with Gasteiger partial charge >= 0.3 is 6.18 Å². The molecule has 2 N–H and O–H groups in total. The minimum Gasteiger partial charge on any atom is -0.368 e. The van der Waals surface area contributed by atoms with Gasteiger partial charge in [-0.25, -0.2) is 0 Å². The van der Waals surface area contributed by atoms with Gasteiger partial charge in [0.25, 0.3) is 0 Å². The van der Waals surface area contributed by atoms with E-state index in [0.29, 0.717) is 38.9 Å². The van der Waals surface area contributed by atoms with Crippen LogP contribution in [0.5, 0.6) is 0 Å². The number of nitriles is 1. The van der Waals surface area contributed by atoms with Crippen molar-refractivity contribution in [2.24, 2.45) is 16.6 Å². The molecule has 0 aromatic heterocycles. The predicted octanol–water partition coefficient (Wildman–Crippen LogP) is 3.69. The Morgan fingerprint density at radius 1 is 1.25 bits per heavy atom. The second-order valence-electron chi connectivity index (χ2n) is 9.62. The van der Waals surface area contributed by atoms with Crippen molar-refractivity contribution >= 4 is 17.5 Å². The molecule has 2 saturated heterocycles. The van der Waals surface area contributed by atoms with E-state index >= 15 is 0 Å². The molecule has 2 heterocycles. The number of alkyl halides is 3. The smallest absolute Gasteiger partial charge is 0.368 e. The van der Waals surface area contributed by atoms with Crippen molar-refractivity contribution in [2.45, 2.75) is 58.7 Å². The summed E-state index contributed by atoms with van der Waals surface area (Å²) in [7, 11) is 0. The van der Waals surface area contributed by atoms with Crippen LogP contribution in [0.4, 0.5) is 18.9 Å². The molecule has 9 heteroatoms. The molecule has 1 spiro atoms. The van der Waals surface area contributed by atoms with Gasteiger partial charge in [-0.1, -0.05) is 20.8 Å². The third-order valence-electron chi connectivity index (χ3n) is 7.17. The summed E-state index contributed by atoms with van der Waals surface area (Å²) in [5.74, 6) is -0.497. The average Bonchev–Trinajstić information content (AvgIpc) is 3.12. The number of piperidine rings is 1. The minimum atomic E-state index is -4.68. The number of amides is 2. The number of primary amides is 1. The lowest BCUT2D eigenvalue weighted by molar-refractivity contribution is -0.143. The lowest BCUT2D eigenvalue weighted by atomic mass is 9.76. The fourth-order valence-corrected chi connectivity index (χ4v) is 4.75. The maximum absolute atomic E-state index is 13.5. The molecule has 6 nitrogen and oxygen atoms in total. The van der Waals surface area contributed by atoms with Crippen LogP contribution in [0.3, 0.4) is 0 Å². The molecule has 2 fully saturated rings. The van der Waals surface area contributed by atoms with Crippen molar-refractivity contribution in [3.8, 4) is 6.07 Å². The maximum Gasteiger partial charge on any atom is 0.417 e. The van der Waals surface area contributed by atoms with Gasteiger partial charge in [-0.15, -0.1) is 0 Å². The normalized spacial score (nSPS) is 21.0. The van der Waals surface area contributed by atoms with Crippen molar-refractivity contribution in [1.82, 2.24) is 4.90 Å². The van der Waals surface area contributed by atoms with Gasteiger partial charge in [0.05, 0.1) is 17.2 Å². The first-order valence-electron chi connectivity index (χ1n) is 10.8. The summed E-state index contributed by atoms with van der Waals surface area (Å²) in [6, 6.07) is 4.33. The van der Waals surface area contributed by atoms with E-state index in [2.05, 4.69) is 0 Å². The van der Waals surface area contributed by atoms with E-state index in [1.165, 1.54) is 6.07 Å². The zero-order valence-electron chi connectivity index (χ0n) is 18.6. The van der Waals surface area contributed by atoms with E-state index in [-0.39, 0.29) is 17.0 Å². The first-order valence-corrected chi connectivity index (χ1v) is 10.8. The molecule has 0 radical (unpaired) electrons. The van der Waals surface area contributed by atoms with Crippen molar-refractivity contribution < 1.29 is 22.8 Å². The highest BCUT2D eigenvalue weighted by molar-refractivity contribution is 5.85. The molecule has 1 aromatic carbocycles. The molecule has 174 valence electrons. The number of halogens is 3. The van der Waals surface area contributed by atoms with Crippen LogP contribution in [0, 0.1) is 22.2 Å². The molecule has 2 aliphatic rings. The number of carbonyl (C=O) groups is 2. The van der Waals surface area contributed by atoms with Crippen LogP contribution in [-0.4, -0.2) is 42.4 Å². The lowest BCUT2D eigenvalue weighted by Gasteiger charge is -2.41.